The van der Waals surface area contributed by atoms with Crippen molar-refractivity contribution in [1.29, 1.82) is 0 Å². The first-order chi connectivity index (χ1) is 30.1. The van der Waals surface area contributed by atoms with Crippen LogP contribution in [-0.2, 0) is 0 Å². The molecule has 0 bridgehead atoms. The van der Waals surface area contributed by atoms with Crippen LogP contribution in [0.15, 0.2) is 191 Å². The molecule has 5 nitrogen and oxygen atoms in total. The van der Waals surface area contributed by atoms with Gasteiger partial charge < -0.3 is 8.83 Å². The summed E-state index contributed by atoms with van der Waals surface area (Å²) in [4.78, 5) is 15.8. The molecule has 4 heterocycles. The molecule has 0 saturated carbocycles. The standard InChI is InChI=1S/C56H37N3O2/c1-34-12-9-21-46-51-45-18-6-8-23-50(45)61-55(51)53(59-52(34)46)39-30-28-38(29-31-39)48-33-47(57-56(58-48)41-16-10-15-40(32-41)35-13-3-2-4-14-35)37-26-24-36(25-27-37)42-19-11-20-44-43-17-5-7-22-49(43)60-54(42)44/h2-11,13-34H,12H2,1H3. The summed E-state index contributed by atoms with van der Waals surface area (Å²) in [6.07, 6.45) is 5.43. The fraction of sp³-hybridized carbons (Fsp3) is 0.0536. The lowest BCUT2D eigenvalue weighted by Gasteiger charge is -2.19. The normalized spacial score (nSPS) is 13.7. The van der Waals surface area contributed by atoms with E-state index in [1.165, 1.54) is 0 Å². The second kappa shape index (κ2) is 14.1. The van der Waals surface area contributed by atoms with Crippen molar-refractivity contribution in [3.05, 3.63) is 193 Å². The molecule has 0 spiro atoms. The van der Waals surface area contributed by atoms with Crippen molar-refractivity contribution in [2.45, 2.75) is 19.3 Å². The van der Waals surface area contributed by atoms with Crippen LogP contribution < -0.4 is 0 Å². The minimum Gasteiger partial charge on any atom is -0.455 e. The lowest BCUT2D eigenvalue weighted by molar-refractivity contribution is 0.665. The van der Waals surface area contributed by atoms with Crippen LogP contribution in [0, 0.1) is 0 Å². The third-order valence-electron chi connectivity index (χ3n) is 12.1. The highest BCUT2D eigenvalue weighted by atomic mass is 16.3. The maximum Gasteiger partial charge on any atom is 0.162 e. The molecule has 1 aliphatic carbocycles. The molecule has 0 aliphatic heterocycles. The monoisotopic (exact) mass is 783 g/mol. The molecule has 1 unspecified atom stereocenters. The van der Waals surface area contributed by atoms with Crippen LogP contribution in [0.1, 0.15) is 30.5 Å². The molecule has 7 aromatic carbocycles. The summed E-state index contributed by atoms with van der Waals surface area (Å²) in [6, 6.07) is 61.0. The summed E-state index contributed by atoms with van der Waals surface area (Å²) in [5.41, 5.74) is 16.6. The Hall–Kier alpha value is -7.89. The quantitative estimate of drug-likeness (QED) is 0.168. The Balaban J connectivity index is 0.970. The minimum atomic E-state index is 0.308. The van der Waals surface area contributed by atoms with Gasteiger partial charge in [-0.25, -0.2) is 15.0 Å². The van der Waals surface area contributed by atoms with Crippen LogP contribution >= 0.6 is 0 Å². The molecule has 1 atom stereocenters. The van der Waals surface area contributed by atoms with Crippen molar-refractivity contribution in [2.75, 3.05) is 0 Å². The third kappa shape index (κ3) is 5.96. The van der Waals surface area contributed by atoms with E-state index >= 15 is 0 Å². The van der Waals surface area contributed by atoms with Gasteiger partial charge in [-0.05, 0) is 47.4 Å². The molecule has 0 fully saturated rings. The second-order valence-electron chi connectivity index (χ2n) is 15.9. The van der Waals surface area contributed by atoms with Gasteiger partial charge >= 0.3 is 0 Å². The summed E-state index contributed by atoms with van der Waals surface area (Å²) in [5.74, 6) is 0.968. The molecule has 12 rings (SSSR count). The molecule has 11 aromatic rings. The molecule has 1 aliphatic rings. The van der Waals surface area contributed by atoms with Crippen LogP contribution in [0.25, 0.3) is 117 Å². The Labute approximate surface area is 352 Å². The average Bonchev–Trinajstić information content (AvgIpc) is 3.91. The Morgan fingerprint density at radius 3 is 1.82 bits per heavy atom. The van der Waals surface area contributed by atoms with Crippen LogP contribution in [-0.4, -0.2) is 15.0 Å². The zero-order valence-electron chi connectivity index (χ0n) is 33.3. The molecule has 288 valence electrons. The van der Waals surface area contributed by atoms with Gasteiger partial charge in [-0.15, -0.1) is 0 Å². The van der Waals surface area contributed by atoms with E-state index in [1.54, 1.807) is 0 Å². The number of pyridine rings is 1. The minimum absolute atomic E-state index is 0.308. The van der Waals surface area contributed by atoms with Crippen LogP contribution in [0.3, 0.4) is 0 Å². The predicted molar refractivity (Wildman–Crippen MR) is 249 cm³/mol. The van der Waals surface area contributed by atoms with E-state index in [4.69, 9.17) is 23.8 Å². The van der Waals surface area contributed by atoms with Gasteiger partial charge in [0.2, 0.25) is 0 Å². The number of hydrogen-bond acceptors (Lipinski definition) is 5. The summed E-state index contributed by atoms with van der Waals surface area (Å²) in [6.45, 7) is 2.25. The third-order valence-corrected chi connectivity index (χ3v) is 12.1. The van der Waals surface area contributed by atoms with Crippen molar-refractivity contribution in [3.63, 3.8) is 0 Å². The Morgan fingerprint density at radius 1 is 0.459 bits per heavy atom. The molecule has 5 heteroatoms. The van der Waals surface area contributed by atoms with E-state index in [9.17, 15) is 0 Å². The molecule has 0 amide bonds. The molecule has 61 heavy (non-hydrogen) atoms. The highest BCUT2D eigenvalue weighted by molar-refractivity contribution is 6.13. The predicted octanol–water partition coefficient (Wildman–Crippen LogP) is 15.2. The van der Waals surface area contributed by atoms with E-state index < -0.39 is 0 Å². The molecule has 0 N–H and O–H groups in total. The van der Waals surface area contributed by atoms with Crippen molar-refractivity contribution in [2.24, 2.45) is 0 Å². The summed E-state index contributed by atoms with van der Waals surface area (Å²) in [5, 5.41) is 4.48. The smallest absolute Gasteiger partial charge is 0.162 e. The fourth-order valence-corrected chi connectivity index (χ4v) is 9.02. The van der Waals surface area contributed by atoms with E-state index in [1.807, 2.05) is 30.3 Å². The van der Waals surface area contributed by atoms with Crippen LogP contribution in [0.5, 0.6) is 0 Å². The van der Waals surface area contributed by atoms with E-state index in [-0.39, 0.29) is 0 Å². The largest absolute Gasteiger partial charge is 0.455 e. The van der Waals surface area contributed by atoms with Crippen LogP contribution in [0.2, 0.25) is 0 Å². The lowest BCUT2D eigenvalue weighted by Crippen LogP contribution is -2.05. The Bertz CT molecular complexity index is 3510. The first-order valence-corrected chi connectivity index (χ1v) is 20.8. The zero-order valence-corrected chi connectivity index (χ0v) is 33.3. The molecule has 4 aromatic heterocycles. The van der Waals surface area contributed by atoms with Gasteiger partial charge in [0.05, 0.1) is 17.1 Å². The number of nitrogens with zero attached hydrogens (tertiary/aromatic N) is 3. The summed E-state index contributed by atoms with van der Waals surface area (Å²) in [7, 11) is 0. The molecule has 0 radical (unpaired) electrons. The van der Waals surface area contributed by atoms with Crippen molar-refractivity contribution in [1.82, 2.24) is 15.0 Å². The van der Waals surface area contributed by atoms with Gasteiger partial charge in [0.1, 0.15) is 22.4 Å². The number of benzene rings is 7. The van der Waals surface area contributed by atoms with Gasteiger partial charge in [0, 0.05) is 60.8 Å². The lowest BCUT2D eigenvalue weighted by atomic mass is 9.89. The van der Waals surface area contributed by atoms with Gasteiger partial charge in [-0.1, -0.05) is 171 Å². The summed E-state index contributed by atoms with van der Waals surface area (Å²) < 4.78 is 13.0. The van der Waals surface area contributed by atoms with Gasteiger partial charge in [-0.3, -0.25) is 0 Å². The van der Waals surface area contributed by atoms with E-state index in [2.05, 4.69) is 165 Å². The van der Waals surface area contributed by atoms with E-state index in [0.29, 0.717) is 11.7 Å². The van der Waals surface area contributed by atoms with Crippen molar-refractivity contribution < 1.29 is 8.83 Å². The van der Waals surface area contributed by atoms with Gasteiger partial charge in [0.15, 0.2) is 11.4 Å². The number of aromatic nitrogens is 3. The highest BCUT2D eigenvalue weighted by Gasteiger charge is 2.24. The Kier molecular flexibility index (Phi) is 8.13. The second-order valence-corrected chi connectivity index (χ2v) is 15.9. The average molecular weight is 784 g/mol. The number of fused-ring (bicyclic) bond motifs is 8. The number of hydrogen-bond donors (Lipinski definition) is 0. The number of allylic oxidation sites excluding steroid dienone is 1. The molecule has 0 saturated heterocycles. The first-order valence-electron chi connectivity index (χ1n) is 20.8. The van der Waals surface area contributed by atoms with Crippen molar-refractivity contribution in [3.8, 4) is 67.4 Å². The Morgan fingerprint density at radius 2 is 1.05 bits per heavy atom. The molecular weight excluding hydrogens is 747 g/mol. The topological polar surface area (TPSA) is 65.0 Å². The van der Waals surface area contributed by atoms with Gasteiger partial charge in [0.25, 0.3) is 0 Å². The maximum atomic E-state index is 6.57. The summed E-state index contributed by atoms with van der Waals surface area (Å²) >= 11 is 0. The first kappa shape index (κ1) is 35.1. The number of furan rings is 2. The number of para-hydroxylation sites is 3. The van der Waals surface area contributed by atoms with E-state index in [0.717, 1.165) is 123 Å². The highest BCUT2D eigenvalue weighted by Crippen LogP contribution is 2.43. The number of rotatable bonds is 6. The van der Waals surface area contributed by atoms with Crippen molar-refractivity contribution >= 4 is 50.0 Å². The maximum absolute atomic E-state index is 6.57. The van der Waals surface area contributed by atoms with Gasteiger partial charge in [-0.2, -0.15) is 0 Å². The zero-order chi connectivity index (χ0) is 40.4. The molecular formula is C56H37N3O2. The van der Waals surface area contributed by atoms with Crippen LogP contribution in [0.4, 0.5) is 0 Å². The fourth-order valence-electron chi connectivity index (χ4n) is 9.02. The SMILES string of the molecule is CC1CC=Cc2c1nc(-c1ccc(-c3cc(-c4ccc(-c5cccc6c5oc5ccccc56)cc4)nc(-c4cccc(-c5ccccc5)c4)n3)cc1)c1oc3ccccc3c21.